The third-order valence-electron chi connectivity index (χ3n) is 2.85. The van der Waals surface area contributed by atoms with Crippen molar-refractivity contribution in [2.24, 2.45) is 5.73 Å². The zero-order chi connectivity index (χ0) is 12.4. The topological polar surface area (TPSA) is 85.4 Å². The van der Waals surface area contributed by atoms with Crippen LogP contribution < -0.4 is 5.73 Å². The third-order valence-corrected chi connectivity index (χ3v) is 2.85. The van der Waals surface area contributed by atoms with E-state index in [-0.39, 0.29) is 0 Å². The molecule has 0 aliphatic heterocycles. The molecule has 0 bridgehead atoms. The largest absolute Gasteiger partial charge is 0.361 e. The van der Waals surface area contributed by atoms with Gasteiger partial charge in [0.25, 0.3) is 0 Å². The van der Waals surface area contributed by atoms with Crippen LogP contribution in [0.1, 0.15) is 11.4 Å². The van der Waals surface area contributed by atoms with Crippen molar-refractivity contribution in [2.75, 3.05) is 6.54 Å². The second-order valence-electron chi connectivity index (χ2n) is 4.13. The number of H-pyrrole nitrogens is 1. The Hall–Kier alpha value is -2.21. The lowest BCUT2D eigenvalue weighted by Gasteiger charge is -1.94. The number of nitrogens with zero attached hydrogens (tertiary/aromatic N) is 4. The number of nitrogens with one attached hydrogen (secondary N) is 1. The van der Waals surface area contributed by atoms with E-state index in [2.05, 4.69) is 32.5 Å². The average Bonchev–Trinajstić information content (AvgIpc) is 2.99. The number of tetrazole rings is 1. The van der Waals surface area contributed by atoms with Gasteiger partial charge >= 0.3 is 0 Å². The number of nitrogens with two attached hydrogens (primary N) is 1. The van der Waals surface area contributed by atoms with Crippen LogP contribution in [0.3, 0.4) is 0 Å². The molecule has 18 heavy (non-hydrogen) atoms. The zero-order valence-electron chi connectivity index (χ0n) is 9.87. The molecule has 1 aromatic carbocycles. The summed E-state index contributed by atoms with van der Waals surface area (Å²) in [6.07, 6.45) is 2.67. The molecule has 0 aliphatic carbocycles. The molecule has 0 unspecified atom stereocenters. The maximum Gasteiger partial charge on any atom is 0.179 e. The molecular weight excluding hydrogens is 228 g/mol. The normalized spacial score (nSPS) is 11.2. The van der Waals surface area contributed by atoms with Crippen LogP contribution in [0.4, 0.5) is 0 Å². The van der Waals surface area contributed by atoms with Crippen LogP contribution in [0, 0.1) is 0 Å². The van der Waals surface area contributed by atoms with E-state index in [0.29, 0.717) is 25.3 Å². The number of hydrogen-bond acceptors (Lipinski definition) is 4. The Bertz CT molecular complexity index is 653. The number of para-hydroxylation sites is 1. The van der Waals surface area contributed by atoms with Gasteiger partial charge in [-0.2, -0.15) is 4.80 Å². The summed E-state index contributed by atoms with van der Waals surface area (Å²) in [5.41, 5.74) is 7.75. The first-order valence-corrected chi connectivity index (χ1v) is 5.88. The van der Waals surface area contributed by atoms with Gasteiger partial charge in [0.2, 0.25) is 0 Å². The Morgan fingerprint density at radius 3 is 3.06 bits per heavy atom. The van der Waals surface area contributed by atoms with Crippen molar-refractivity contribution in [1.29, 1.82) is 0 Å². The van der Waals surface area contributed by atoms with Crippen molar-refractivity contribution in [3.05, 3.63) is 41.9 Å². The molecular formula is C12H14N6. The van der Waals surface area contributed by atoms with Crippen molar-refractivity contribution in [3.8, 4) is 0 Å². The van der Waals surface area contributed by atoms with Crippen LogP contribution in [0.5, 0.6) is 0 Å². The molecule has 0 radical (unpaired) electrons. The third kappa shape index (κ3) is 1.98. The summed E-state index contributed by atoms with van der Waals surface area (Å²) in [7, 11) is 0. The fourth-order valence-electron chi connectivity index (χ4n) is 2.01. The van der Waals surface area contributed by atoms with Crippen molar-refractivity contribution in [3.63, 3.8) is 0 Å². The smallest absolute Gasteiger partial charge is 0.179 e. The summed E-state index contributed by atoms with van der Waals surface area (Å²) in [6, 6.07) is 8.18. The summed E-state index contributed by atoms with van der Waals surface area (Å²) in [5, 5.41) is 13.5. The Labute approximate surface area is 104 Å². The highest BCUT2D eigenvalue weighted by Gasteiger charge is 2.08. The molecule has 0 amide bonds. The maximum absolute atomic E-state index is 5.45. The molecule has 3 aromatic rings. The van der Waals surface area contributed by atoms with Gasteiger partial charge in [0.05, 0.1) is 6.54 Å². The molecule has 0 atom stereocenters. The van der Waals surface area contributed by atoms with Crippen molar-refractivity contribution >= 4 is 10.9 Å². The number of rotatable bonds is 4. The minimum atomic E-state index is 0.517. The van der Waals surface area contributed by atoms with E-state index in [1.165, 1.54) is 15.7 Å². The number of aromatic nitrogens is 5. The average molecular weight is 242 g/mol. The molecule has 0 aliphatic rings. The summed E-state index contributed by atoms with van der Waals surface area (Å²) in [5.74, 6) is 0.716. The summed E-state index contributed by atoms with van der Waals surface area (Å²) in [4.78, 5) is 4.77. The Morgan fingerprint density at radius 2 is 2.17 bits per heavy atom. The van der Waals surface area contributed by atoms with Crippen molar-refractivity contribution < 1.29 is 0 Å². The summed E-state index contributed by atoms with van der Waals surface area (Å²) >= 11 is 0. The Morgan fingerprint density at radius 1 is 1.28 bits per heavy atom. The number of fused-ring (bicyclic) bond motifs is 1. The van der Waals surface area contributed by atoms with Crippen molar-refractivity contribution in [2.45, 2.75) is 13.0 Å². The zero-order valence-corrected chi connectivity index (χ0v) is 9.87. The minimum Gasteiger partial charge on any atom is -0.361 e. The van der Waals surface area contributed by atoms with Gasteiger partial charge < -0.3 is 10.7 Å². The number of benzene rings is 1. The standard InChI is InChI=1S/C12H14N6/c13-5-6-18-16-12(15-17-18)7-9-8-14-11-4-2-1-3-10(9)11/h1-4,8,14H,5-7,13H2. The van der Waals surface area contributed by atoms with Gasteiger partial charge in [0, 0.05) is 30.1 Å². The minimum absolute atomic E-state index is 0.517. The number of hydrogen-bond donors (Lipinski definition) is 2. The fraction of sp³-hybridized carbons (Fsp3) is 0.250. The number of aromatic amines is 1. The van der Waals surface area contributed by atoms with Crippen LogP contribution in [0.2, 0.25) is 0 Å². The second-order valence-corrected chi connectivity index (χ2v) is 4.13. The lowest BCUT2D eigenvalue weighted by atomic mass is 10.1. The van der Waals surface area contributed by atoms with Crippen LogP contribution in [0.15, 0.2) is 30.5 Å². The van der Waals surface area contributed by atoms with Gasteiger partial charge in [0.1, 0.15) is 0 Å². The second kappa shape index (κ2) is 4.58. The molecule has 3 rings (SSSR count). The maximum atomic E-state index is 5.45. The lowest BCUT2D eigenvalue weighted by Crippen LogP contribution is -2.12. The highest BCUT2D eigenvalue weighted by molar-refractivity contribution is 5.83. The van der Waals surface area contributed by atoms with E-state index in [1.54, 1.807) is 0 Å². The van der Waals surface area contributed by atoms with Gasteiger partial charge in [-0.05, 0) is 16.8 Å². The Kier molecular flexibility index (Phi) is 2.77. The highest BCUT2D eigenvalue weighted by Crippen LogP contribution is 2.19. The van der Waals surface area contributed by atoms with E-state index in [4.69, 9.17) is 5.73 Å². The van der Waals surface area contributed by atoms with Gasteiger partial charge in [-0.15, -0.1) is 10.2 Å². The molecule has 0 spiro atoms. The molecule has 6 heteroatoms. The first kappa shape index (κ1) is 10.9. The molecule has 2 heterocycles. The van der Waals surface area contributed by atoms with E-state index in [9.17, 15) is 0 Å². The summed E-state index contributed by atoms with van der Waals surface area (Å²) in [6.45, 7) is 1.11. The molecule has 3 N–H and O–H groups in total. The first-order chi connectivity index (χ1) is 8.86. The monoisotopic (exact) mass is 242 g/mol. The van der Waals surface area contributed by atoms with Crippen LogP contribution in [-0.2, 0) is 13.0 Å². The molecule has 0 fully saturated rings. The predicted octanol–water partition coefficient (Wildman–Crippen LogP) is 0.704. The SMILES string of the molecule is NCCn1nnc(Cc2c[nH]c3ccccc23)n1. The van der Waals surface area contributed by atoms with Gasteiger partial charge in [0.15, 0.2) is 5.82 Å². The fourth-order valence-corrected chi connectivity index (χ4v) is 2.01. The Balaban J connectivity index is 1.87. The predicted molar refractivity (Wildman–Crippen MR) is 68.0 cm³/mol. The van der Waals surface area contributed by atoms with E-state index < -0.39 is 0 Å². The van der Waals surface area contributed by atoms with Crippen LogP contribution >= 0.6 is 0 Å². The molecule has 6 nitrogen and oxygen atoms in total. The molecule has 0 saturated heterocycles. The van der Waals surface area contributed by atoms with Gasteiger partial charge in [-0.3, -0.25) is 0 Å². The first-order valence-electron chi connectivity index (χ1n) is 5.88. The highest BCUT2D eigenvalue weighted by atomic mass is 15.6. The van der Waals surface area contributed by atoms with Gasteiger partial charge in [-0.25, -0.2) is 0 Å². The lowest BCUT2D eigenvalue weighted by molar-refractivity contribution is 0.529. The van der Waals surface area contributed by atoms with E-state index >= 15 is 0 Å². The molecule has 2 aromatic heterocycles. The van der Waals surface area contributed by atoms with E-state index in [0.717, 1.165) is 5.52 Å². The van der Waals surface area contributed by atoms with Crippen LogP contribution in [0.25, 0.3) is 10.9 Å². The van der Waals surface area contributed by atoms with Crippen molar-refractivity contribution in [1.82, 2.24) is 25.2 Å². The molecule has 0 saturated carbocycles. The quantitative estimate of drug-likeness (QED) is 0.705. The van der Waals surface area contributed by atoms with E-state index in [1.807, 2.05) is 18.3 Å². The molecule has 92 valence electrons. The van der Waals surface area contributed by atoms with Crippen LogP contribution in [-0.4, -0.2) is 31.7 Å². The van der Waals surface area contributed by atoms with Gasteiger partial charge in [-0.1, -0.05) is 18.2 Å². The summed E-state index contributed by atoms with van der Waals surface area (Å²) < 4.78 is 0.